The third-order valence-corrected chi connectivity index (χ3v) is 6.55. The van der Waals surface area contributed by atoms with Crippen LogP contribution < -0.4 is 0 Å². The number of allylic oxidation sites excluding steroid dienone is 2. The van der Waals surface area contributed by atoms with Crippen molar-refractivity contribution in [2.75, 3.05) is 6.54 Å². The van der Waals surface area contributed by atoms with Crippen molar-refractivity contribution in [1.29, 1.82) is 0 Å². The van der Waals surface area contributed by atoms with Crippen molar-refractivity contribution in [3.8, 4) is 0 Å². The fourth-order valence-corrected chi connectivity index (χ4v) is 5.26. The maximum absolute atomic E-state index is 12.4. The molecule has 0 spiro atoms. The third-order valence-electron chi connectivity index (χ3n) is 4.00. The average molecular weight is 263 g/mol. The topological polar surface area (TPSA) is 37.4 Å². The Morgan fingerprint density at radius 1 is 1.39 bits per heavy atom. The molecule has 18 heavy (non-hydrogen) atoms. The van der Waals surface area contributed by atoms with Gasteiger partial charge in [-0.1, -0.05) is 37.9 Å². The number of amides is 2. The summed E-state index contributed by atoms with van der Waals surface area (Å²) in [7, 11) is -1.48. The molecule has 2 aliphatic rings. The molecule has 3 atom stereocenters. The van der Waals surface area contributed by atoms with Gasteiger partial charge in [0.25, 0.3) is 0 Å². The van der Waals surface area contributed by atoms with Crippen LogP contribution in [-0.2, 0) is 9.59 Å². The van der Waals surface area contributed by atoms with E-state index in [4.69, 9.17) is 0 Å². The lowest BCUT2D eigenvalue weighted by Crippen LogP contribution is -2.39. The maximum Gasteiger partial charge on any atom is 0.233 e. The van der Waals surface area contributed by atoms with Crippen molar-refractivity contribution < 1.29 is 9.59 Å². The van der Waals surface area contributed by atoms with Crippen LogP contribution in [0.1, 0.15) is 6.42 Å². The van der Waals surface area contributed by atoms with Crippen LogP contribution in [0, 0.1) is 11.8 Å². The van der Waals surface area contributed by atoms with Crippen LogP contribution in [0.5, 0.6) is 0 Å². The van der Waals surface area contributed by atoms with Gasteiger partial charge in [0.2, 0.25) is 11.8 Å². The second-order valence-corrected chi connectivity index (χ2v) is 11.7. The highest BCUT2D eigenvalue weighted by Crippen LogP contribution is 2.45. The summed E-state index contributed by atoms with van der Waals surface area (Å²) in [6.45, 7) is 10.8. The van der Waals surface area contributed by atoms with E-state index in [1.165, 1.54) is 4.90 Å². The zero-order valence-electron chi connectivity index (χ0n) is 11.3. The van der Waals surface area contributed by atoms with E-state index in [9.17, 15) is 9.59 Å². The molecule has 2 amide bonds. The van der Waals surface area contributed by atoms with Gasteiger partial charge < -0.3 is 0 Å². The van der Waals surface area contributed by atoms with Crippen molar-refractivity contribution >= 4 is 19.9 Å². The molecule has 0 N–H and O–H groups in total. The van der Waals surface area contributed by atoms with Crippen molar-refractivity contribution in [2.45, 2.75) is 31.6 Å². The second kappa shape index (κ2) is 4.50. The van der Waals surface area contributed by atoms with E-state index in [-0.39, 0.29) is 29.2 Å². The molecule has 1 heterocycles. The molecule has 1 aliphatic carbocycles. The van der Waals surface area contributed by atoms with E-state index in [1.807, 2.05) is 0 Å². The molecule has 0 saturated carbocycles. The molecule has 2 rings (SSSR count). The summed E-state index contributed by atoms with van der Waals surface area (Å²) < 4.78 is 0. The highest BCUT2D eigenvalue weighted by Gasteiger charge is 2.53. The lowest BCUT2D eigenvalue weighted by Gasteiger charge is -2.34. The van der Waals surface area contributed by atoms with Gasteiger partial charge >= 0.3 is 0 Å². The number of nitrogens with zero attached hydrogens (tertiary/aromatic N) is 1. The lowest BCUT2D eigenvalue weighted by atomic mass is 9.84. The Morgan fingerprint density at radius 3 is 2.61 bits per heavy atom. The highest BCUT2D eigenvalue weighted by molar-refractivity contribution is 6.78. The van der Waals surface area contributed by atoms with Crippen LogP contribution in [0.3, 0.4) is 0 Å². The Bertz CT molecular complexity index is 422. The van der Waals surface area contributed by atoms with E-state index in [2.05, 4.69) is 38.4 Å². The molecule has 1 saturated heterocycles. The van der Waals surface area contributed by atoms with Crippen LogP contribution in [0.4, 0.5) is 0 Å². The van der Waals surface area contributed by atoms with Gasteiger partial charge in [-0.05, 0) is 12.0 Å². The summed E-state index contributed by atoms with van der Waals surface area (Å²) in [6.07, 6.45) is 6.61. The highest BCUT2D eigenvalue weighted by atomic mass is 28.3. The first-order chi connectivity index (χ1) is 8.38. The van der Waals surface area contributed by atoms with Crippen molar-refractivity contribution in [3.63, 3.8) is 0 Å². The van der Waals surface area contributed by atoms with E-state index in [0.717, 1.165) is 0 Å². The zero-order valence-corrected chi connectivity index (χ0v) is 12.3. The molecular formula is C14H21NO2Si. The smallest absolute Gasteiger partial charge is 0.233 e. The van der Waals surface area contributed by atoms with Gasteiger partial charge in [-0.2, -0.15) is 0 Å². The van der Waals surface area contributed by atoms with Gasteiger partial charge in [-0.25, -0.2) is 0 Å². The Kier molecular flexibility index (Phi) is 3.32. The minimum Gasteiger partial charge on any atom is -0.278 e. The molecule has 98 valence electrons. The van der Waals surface area contributed by atoms with Gasteiger partial charge in [0.15, 0.2) is 0 Å². The molecule has 0 bridgehead atoms. The van der Waals surface area contributed by atoms with E-state index >= 15 is 0 Å². The number of imide groups is 1. The minimum absolute atomic E-state index is 0.00231. The number of rotatable bonds is 3. The van der Waals surface area contributed by atoms with Crippen LogP contribution in [0.25, 0.3) is 0 Å². The van der Waals surface area contributed by atoms with Gasteiger partial charge in [0.1, 0.15) is 0 Å². The summed E-state index contributed by atoms with van der Waals surface area (Å²) in [5.74, 6) is -0.229. The number of carbonyl (C=O) groups excluding carboxylic acids is 2. The van der Waals surface area contributed by atoms with Gasteiger partial charge in [0, 0.05) is 6.54 Å². The van der Waals surface area contributed by atoms with Crippen molar-refractivity contribution in [3.05, 3.63) is 24.8 Å². The predicted molar refractivity (Wildman–Crippen MR) is 74.8 cm³/mol. The van der Waals surface area contributed by atoms with Crippen LogP contribution in [-0.4, -0.2) is 31.3 Å². The maximum atomic E-state index is 12.4. The lowest BCUT2D eigenvalue weighted by molar-refractivity contribution is -0.139. The largest absolute Gasteiger partial charge is 0.278 e. The van der Waals surface area contributed by atoms with Crippen molar-refractivity contribution in [2.24, 2.45) is 11.8 Å². The predicted octanol–water partition coefficient (Wildman–Crippen LogP) is 2.44. The monoisotopic (exact) mass is 263 g/mol. The van der Waals surface area contributed by atoms with Gasteiger partial charge in [-0.15, -0.1) is 6.58 Å². The molecule has 3 unspecified atom stereocenters. The quantitative estimate of drug-likeness (QED) is 0.445. The minimum atomic E-state index is -1.48. The summed E-state index contributed by atoms with van der Waals surface area (Å²) in [5, 5.41) is 0. The van der Waals surface area contributed by atoms with Crippen molar-refractivity contribution in [1.82, 2.24) is 4.90 Å². The number of fused-ring (bicyclic) bond motifs is 1. The molecule has 0 radical (unpaired) electrons. The SMILES string of the molecule is C=CCN1C(=O)C2CC=CC([Si](C)(C)C)C2C1=O. The fraction of sp³-hybridized carbons (Fsp3) is 0.571. The van der Waals surface area contributed by atoms with Crippen LogP contribution >= 0.6 is 0 Å². The summed E-state index contributed by atoms with van der Waals surface area (Å²) in [6, 6.07) is 0. The number of hydrogen-bond donors (Lipinski definition) is 0. The van der Waals surface area contributed by atoms with Gasteiger partial charge in [0.05, 0.1) is 19.9 Å². The second-order valence-electron chi connectivity index (χ2n) is 6.26. The summed E-state index contributed by atoms with van der Waals surface area (Å²) in [4.78, 5) is 26.1. The molecular weight excluding hydrogens is 242 g/mol. The Balaban J connectivity index is 2.35. The first-order valence-corrected chi connectivity index (χ1v) is 10.1. The molecule has 3 nitrogen and oxygen atoms in total. The number of likely N-dealkylation sites (tertiary alicyclic amines) is 1. The molecule has 0 aromatic heterocycles. The van der Waals surface area contributed by atoms with Crippen LogP contribution in [0.2, 0.25) is 25.2 Å². The zero-order chi connectivity index (χ0) is 13.5. The standard InChI is InChI=1S/C14H21NO2Si/c1-5-9-15-13(16)10-7-6-8-11(18(2,3)4)12(10)14(15)17/h5-6,8,10-12H,1,7,9H2,2-4H3. The number of carbonyl (C=O) groups is 2. The van der Waals surface area contributed by atoms with E-state index in [1.54, 1.807) is 6.08 Å². The van der Waals surface area contributed by atoms with E-state index in [0.29, 0.717) is 13.0 Å². The molecule has 1 aliphatic heterocycles. The van der Waals surface area contributed by atoms with Gasteiger partial charge in [-0.3, -0.25) is 14.5 Å². The average Bonchev–Trinajstić information content (AvgIpc) is 2.54. The van der Waals surface area contributed by atoms with Crippen LogP contribution in [0.15, 0.2) is 24.8 Å². The Morgan fingerprint density at radius 2 is 2.06 bits per heavy atom. The summed E-state index contributed by atoms with van der Waals surface area (Å²) in [5.41, 5.74) is 0.280. The molecule has 4 heteroatoms. The molecule has 1 fully saturated rings. The first-order valence-electron chi connectivity index (χ1n) is 6.50. The molecule has 0 aromatic rings. The Labute approximate surface area is 110 Å². The number of hydrogen-bond acceptors (Lipinski definition) is 2. The Hall–Kier alpha value is -1.16. The normalized spacial score (nSPS) is 31.7. The third kappa shape index (κ3) is 1.98. The molecule has 0 aromatic carbocycles. The summed E-state index contributed by atoms with van der Waals surface area (Å²) >= 11 is 0. The van der Waals surface area contributed by atoms with E-state index < -0.39 is 8.07 Å². The first kappa shape index (κ1) is 13.3. The fourth-order valence-electron chi connectivity index (χ4n) is 3.09.